The van der Waals surface area contributed by atoms with Crippen LogP contribution in [0.15, 0.2) is 84.1 Å². The Hall–Kier alpha value is -2.84. The third-order valence-corrected chi connectivity index (χ3v) is 7.44. The minimum Gasteiger partial charge on any atom is -0.343 e. The van der Waals surface area contributed by atoms with E-state index in [0.29, 0.717) is 10.0 Å². The maximum atomic E-state index is 6.22. The van der Waals surface area contributed by atoms with Gasteiger partial charge in [0.15, 0.2) is 0 Å². The van der Waals surface area contributed by atoms with Crippen LogP contribution in [-0.4, -0.2) is 37.1 Å². The molecule has 3 aromatic carbocycles. The molecule has 0 bridgehead atoms. The Labute approximate surface area is 218 Å². The maximum absolute atomic E-state index is 6.22. The van der Waals surface area contributed by atoms with E-state index in [1.54, 1.807) is 16.4 Å². The zero-order valence-electron chi connectivity index (χ0n) is 18.9. The van der Waals surface area contributed by atoms with Gasteiger partial charge in [-0.05, 0) is 64.9 Å². The van der Waals surface area contributed by atoms with Gasteiger partial charge in [-0.1, -0.05) is 77.4 Å². The number of fused-ring (bicyclic) bond motifs is 1. The highest BCUT2D eigenvalue weighted by atomic mass is 35.5. The van der Waals surface area contributed by atoms with Gasteiger partial charge in [0.2, 0.25) is 5.16 Å². The molecule has 0 aliphatic carbocycles. The summed E-state index contributed by atoms with van der Waals surface area (Å²) in [6.45, 7) is 2.46. The molecule has 0 amide bonds. The Kier molecular flexibility index (Phi) is 7.69. The van der Waals surface area contributed by atoms with E-state index in [1.165, 1.54) is 16.5 Å². The Morgan fingerprint density at radius 3 is 2.60 bits per heavy atom. The number of nitrogens with one attached hydrogen (secondary N) is 1. The minimum absolute atomic E-state index is 0.576. The first-order valence-corrected chi connectivity index (χ1v) is 13.1. The largest absolute Gasteiger partial charge is 0.343 e. The van der Waals surface area contributed by atoms with E-state index in [4.69, 9.17) is 23.2 Å². The number of hydrogen-bond donors (Lipinski definition) is 1. The van der Waals surface area contributed by atoms with Gasteiger partial charge in [-0.25, -0.2) is 0 Å². The van der Waals surface area contributed by atoms with Crippen molar-refractivity contribution in [1.29, 1.82) is 0 Å². The van der Waals surface area contributed by atoms with Gasteiger partial charge >= 0.3 is 0 Å². The molecule has 9 heteroatoms. The number of para-hydroxylation sites is 2. The van der Waals surface area contributed by atoms with Crippen molar-refractivity contribution in [2.24, 2.45) is 0 Å². The van der Waals surface area contributed by atoms with Crippen molar-refractivity contribution in [2.75, 3.05) is 12.3 Å². The molecule has 35 heavy (non-hydrogen) atoms. The predicted molar refractivity (Wildman–Crippen MR) is 144 cm³/mol. The van der Waals surface area contributed by atoms with Crippen molar-refractivity contribution < 1.29 is 0 Å². The molecule has 178 valence electrons. The molecule has 0 spiro atoms. The van der Waals surface area contributed by atoms with Crippen LogP contribution in [0.4, 0.5) is 0 Å². The average molecular weight is 523 g/mol. The van der Waals surface area contributed by atoms with Crippen LogP contribution in [0.1, 0.15) is 17.5 Å². The summed E-state index contributed by atoms with van der Waals surface area (Å²) in [4.78, 5) is 0. The van der Waals surface area contributed by atoms with Crippen LogP contribution >= 0.6 is 35.0 Å². The summed E-state index contributed by atoms with van der Waals surface area (Å²) in [5.41, 5.74) is 4.57. The zero-order valence-corrected chi connectivity index (χ0v) is 21.3. The fourth-order valence-electron chi connectivity index (χ4n) is 4.01. The number of nitrogens with zero attached hydrogens (tertiary/aromatic N) is 5. The maximum Gasteiger partial charge on any atom is 0.214 e. The third kappa shape index (κ3) is 5.70. The molecule has 0 saturated heterocycles. The first kappa shape index (κ1) is 23.9. The number of tetrazole rings is 1. The van der Waals surface area contributed by atoms with E-state index < -0.39 is 0 Å². The van der Waals surface area contributed by atoms with Crippen LogP contribution in [0, 0.1) is 0 Å². The smallest absolute Gasteiger partial charge is 0.214 e. The number of hydrogen-bond acceptors (Lipinski definition) is 5. The van der Waals surface area contributed by atoms with Gasteiger partial charge in [-0.15, -0.1) is 5.10 Å². The van der Waals surface area contributed by atoms with Gasteiger partial charge in [0.1, 0.15) is 0 Å². The van der Waals surface area contributed by atoms with Crippen molar-refractivity contribution in [3.63, 3.8) is 0 Å². The molecular weight excluding hydrogens is 499 g/mol. The molecule has 0 saturated carbocycles. The second-order valence-corrected chi connectivity index (χ2v) is 10.0. The van der Waals surface area contributed by atoms with E-state index in [9.17, 15) is 0 Å². The Balaban J connectivity index is 1.16. The quantitative estimate of drug-likeness (QED) is 0.173. The van der Waals surface area contributed by atoms with E-state index in [0.717, 1.165) is 48.2 Å². The van der Waals surface area contributed by atoms with Gasteiger partial charge in [0, 0.05) is 35.9 Å². The molecule has 5 aromatic rings. The molecule has 6 nitrogen and oxygen atoms in total. The average Bonchev–Trinajstić information content (AvgIpc) is 3.49. The van der Waals surface area contributed by atoms with Crippen LogP contribution in [0.5, 0.6) is 0 Å². The summed E-state index contributed by atoms with van der Waals surface area (Å²) in [5, 5.41) is 18.9. The fourth-order valence-corrected chi connectivity index (χ4v) is 5.16. The second-order valence-electron chi connectivity index (χ2n) is 8.14. The molecular formula is C26H24Cl2N6S. The van der Waals surface area contributed by atoms with Crippen LogP contribution in [0.3, 0.4) is 0 Å². The van der Waals surface area contributed by atoms with Gasteiger partial charge in [0.25, 0.3) is 0 Å². The lowest BCUT2D eigenvalue weighted by Gasteiger charge is -2.07. The lowest BCUT2D eigenvalue weighted by Crippen LogP contribution is -2.15. The summed E-state index contributed by atoms with van der Waals surface area (Å²) < 4.78 is 4.05. The molecule has 0 radical (unpaired) electrons. The number of halogens is 2. The third-order valence-electron chi connectivity index (χ3n) is 5.69. The summed E-state index contributed by atoms with van der Waals surface area (Å²) >= 11 is 14.0. The minimum atomic E-state index is 0.576. The van der Waals surface area contributed by atoms with Crippen molar-refractivity contribution in [1.82, 2.24) is 30.1 Å². The first-order valence-electron chi connectivity index (χ1n) is 11.4. The molecule has 0 fully saturated rings. The van der Waals surface area contributed by atoms with Crippen molar-refractivity contribution in [3.05, 3.63) is 100 Å². The topological polar surface area (TPSA) is 60.6 Å². The van der Waals surface area contributed by atoms with Crippen LogP contribution in [0.2, 0.25) is 10.0 Å². The van der Waals surface area contributed by atoms with E-state index in [2.05, 4.69) is 55.9 Å². The summed E-state index contributed by atoms with van der Waals surface area (Å²) in [6, 6.07) is 24.2. The van der Waals surface area contributed by atoms with Crippen LogP contribution < -0.4 is 5.32 Å². The van der Waals surface area contributed by atoms with E-state index in [-0.39, 0.29) is 0 Å². The number of rotatable bonds is 10. The molecule has 0 unspecified atom stereocenters. The highest BCUT2D eigenvalue weighted by Gasteiger charge is 2.10. The van der Waals surface area contributed by atoms with Gasteiger partial charge < -0.3 is 9.88 Å². The van der Waals surface area contributed by atoms with Gasteiger partial charge in [-0.2, -0.15) is 4.68 Å². The summed E-state index contributed by atoms with van der Waals surface area (Å²) in [7, 11) is 0. The first-order chi connectivity index (χ1) is 17.2. The number of aromatic nitrogens is 5. The van der Waals surface area contributed by atoms with Gasteiger partial charge in [0.05, 0.1) is 15.7 Å². The van der Waals surface area contributed by atoms with E-state index in [1.807, 2.05) is 48.5 Å². The molecule has 2 aromatic heterocycles. The number of thioether (sulfide) groups is 1. The van der Waals surface area contributed by atoms with E-state index >= 15 is 0 Å². The fraction of sp³-hybridized carbons (Fsp3) is 0.192. The highest BCUT2D eigenvalue weighted by molar-refractivity contribution is 7.99. The molecule has 5 rings (SSSR count). The zero-order chi connectivity index (χ0) is 24.0. The Morgan fingerprint density at radius 1 is 0.914 bits per heavy atom. The molecule has 0 aliphatic heterocycles. The Bertz CT molecular complexity index is 1420. The normalized spacial score (nSPS) is 11.4. The lowest BCUT2D eigenvalue weighted by molar-refractivity contribution is 0.677. The van der Waals surface area contributed by atoms with Crippen molar-refractivity contribution in [3.8, 4) is 5.69 Å². The molecule has 2 heterocycles. The lowest BCUT2D eigenvalue weighted by atomic mass is 10.2. The Morgan fingerprint density at radius 2 is 1.74 bits per heavy atom. The monoisotopic (exact) mass is 522 g/mol. The van der Waals surface area contributed by atoms with Gasteiger partial charge in [-0.3, -0.25) is 0 Å². The highest BCUT2D eigenvalue weighted by Crippen LogP contribution is 2.26. The second kappa shape index (κ2) is 11.3. The molecule has 1 N–H and O–H groups in total. The summed E-state index contributed by atoms with van der Waals surface area (Å²) in [5.74, 6) is 0.930. The standard InChI is InChI=1S/C26H24Cl2N6S/c27-23-12-11-19(15-24(23)28)17-33-18-20(22-9-4-5-10-25(22)33)16-29-13-6-14-35-26-30-31-32-34(26)21-7-2-1-3-8-21/h1-5,7-12,15,18,29H,6,13-14,16-17H2. The van der Waals surface area contributed by atoms with Crippen molar-refractivity contribution >= 4 is 45.9 Å². The van der Waals surface area contributed by atoms with Crippen LogP contribution in [-0.2, 0) is 13.1 Å². The molecule has 0 atom stereocenters. The summed E-state index contributed by atoms with van der Waals surface area (Å²) in [6.07, 6.45) is 3.23. The number of benzene rings is 3. The molecule has 0 aliphatic rings. The predicted octanol–water partition coefficient (Wildman–Crippen LogP) is 6.24. The van der Waals surface area contributed by atoms with Crippen molar-refractivity contribution in [2.45, 2.75) is 24.7 Å². The SMILES string of the molecule is Clc1ccc(Cn2cc(CNCCCSc3nnnn3-c3ccccc3)c3ccccc32)cc1Cl. The van der Waals surface area contributed by atoms with Crippen LogP contribution in [0.25, 0.3) is 16.6 Å².